The lowest BCUT2D eigenvalue weighted by Crippen LogP contribution is -2.47. The molecule has 1 aliphatic rings. The number of imidazole rings is 1. The van der Waals surface area contributed by atoms with E-state index < -0.39 is 0 Å². The van der Waals surface area contributed by atoms with E-state index in [-0.39, 0.29) is 18.1 Å². The summed E-state index contributed by atoms with van der Waals surface area (Å²) in [6, 6.07) is 3.45. The molecule has 0 aromatic carbocycles. The molecule has 6 heteroatoms. The van der Waals surface area contributed by atoms with Gasteiger partial charge in [0.15, 0.2) is 0 Å². The Morgan fingerprint density at radius 2 is 2.45 bits per heavy atom. The van der Waals surface area contributed by atoms with Crippen LogP contribution >= 0.6 is 0 Å². The molecule has 2 amide bonds. The topological polar surface area (TPSA) is 74.2 Å². The van der Waals surface area contributed by atoms with Gasteiger partial charge >= 0.3 is 6.03 Å². The second-order valence-corrected chi connectivity index (χ2v) is 5.23. The predicted octanol–water partition coefficient (Wildman–Crippen LogP) is 2.07. The summed E-state index contributed by atoms with van der Waals surface area (Å²) in [7, 11) is 0. The lowest BCUT2D eigenvalue weighted by atomic mass is 10.0. The third kappa shape index (κ3) is 2.17. The van der Waals surface area contributed by atoms with Crippen LogP contribution < -0.4 is 5.32 Å². The summed E-state index contributed by atoms with van der Waals surface area (Å²) in [6.07, 6.45) is 4.07. The SMILES string of the molecule is CC(C)NC(=O)N1CCc2[nH]cnc2C1c1ccco1. The molecule has 1 atom stereocenters. The Labute approximate surface area is 117 Å². The van der Waals surface area contributed by atoms with Crippen LogP contribution in [0.2, 0.25) is 0 Å². The van der Waals surface area contributed by atoms with Crippen molar-refractivity contribution in [2.24, 2.45) is 0 Å². The van der Waals surface area contributed by atoms with Crippen molar-refractivity contribution >= 4 is 6.03 Å². The molecule has 2 N–H and O–H groups in total. The molecular formula is C14H18N4O2. The Morgan fingerprint density at radius 3 is 3.15 bits per heavy atom. The van der Waals surface area contributed by atoms with Crippen LogP contribution in [0.15, 0.2) is 29.1 Å². The minimum atomic E-state index is -0.265. The van der Waals surface area contributed by atoms with Crippen LogP contribution in [0.3, 0.4) is 0 Å². The molecule has 0 aliphatic carbocycles. The number of carbonyl (C=O) groups is 1. The fourth-order valence-electron chi connectivity index (χ4n) is 2.56. The van der Waals surface area contributed by atoms with Gasteiger partial charge in [0, 0.05) is 24.7 Å². The first kappa shape index (κ1) is 12.8. The van der Waals surface area contributed by atoms with Crippen LogP contribution in [-0.4, -0.2) is 33.5 Å². The molecule has 3 heterocycles. The normalized spacial score (nSPS) is 18.1. The molecule has 6 nitrogen and oxygen atoms in total. The highest BCUT2D eigenvalue weighted by Gasteiger charge is 2.35. The summed E-state index contributed by atoms with van der Waals surface area (Å²) in [5.74, 6) is 0.733. The number of aromatic nitrogens is 2. The third-order valence-electron chi connectivity index (χ3n) is 3.41. The van der Waals surface area contributed by atoms with Gasteiger partial charge in [-0.25, -0.2) is 9.78 Å². The summed E-state index contributed by atoms with van der Waals surface area (Å²) in [4.78, 5) is 21.7. The van der Waals surface area contributed by atoms with Crippen LogP contribution in [0.5, 0.6) is 0 Å². The van der Waals surface area contributed by atoms with E-state index in [0.717, 1.165) is 23.6 Å². The molecule has 0 radical (unpaired) electrons. The summed E-state index contributed by atoms with van der Waals surface area (Å²) < 4.78 is 5.51. The Morgan fingerprint density at radius 1 is 1.60 bits per heavy atom. The quantitative estimate of drug-likeness (QED) is 0.880. The van der Waals surface area contributed by atoms with Crippen LogP contribution in [-0.2, 0) is 6.42 Å². The van der Waals surface area contributed by atoms with E-state index in [1.165, 1.54) is 0 Å². The molecule has 0 saturated heterocycles. The molecule has 0 saturated carbocycles. The number of H-pyrrole nitrogens is 1. The van der Waals surface area contributed by atoms with Gasteiger partial charge in [-0.05, 0) is 26.0 Å². The van der Waals surface area contributed by atoms with Crippen molar-refractivity contribution in [2.45, 2.75) is 32.4 Å². The number of nitrogens with zero attached hydrogens (tertiary/aromatic N) is 2. The highest BCUT2D eigenvalue weighted by Crippen LogP contribution is 2.33. The number of urea groups is 1. The van der Waals surface area contributed by atoms with E-state index in [9.17, 15) is 4.79 Å². The maximum Gasteiger partial charge on any atom is 0.318 e. The first-order valence-corrected chi connectivity index (χ1v) is 6.79. The van der Waals surface area contributed by atoms with Crippen molar-refractivity contribution < 1.29 is 9.21 Å². The third-order valence-corrected chi connectivity index (χ3v) is 3.41. The zero-order valence-corrected chi connectivity index (χ0v) is 11.6. The zero-order chi connectivity index (χ0) is 14.1. The average Bonchev–Trinajstić information content (AvgIpc) is 3.07. The number of aromatic amines is 1. The number of rotatable bonds is 2. The number of hydrogen-bond donors (Lipinski definition) is 2. The standard InChI is InChI=1S/C14H18N4O2/c1-9(2)17-14(19)18-6-5-10-12(16-8-15-10)13(18)11-4-3-7-20-11/h3-4,7-9,13H,5-6H2,1-2H3,(H,15,16)(H,17,19). The minimum absolute atomic E-state index is 0.0879. The van der Waals surface area contributed by atoms with Gasteiger partial charge in [0.05, 0.1) is 18.3 Å². The fourth-order valence-corrected chi connectivity index (χ4v) is 2.56. The maximum absolute atomic E-state index is 12.4. The Hall–Kier alpha value is -2.24. The molecule has 106 valence electrons. The highest BCUT2D eigenvalue weighted by atomic mass is 16.3. The lowest BCUT2D eigenvalue weighted by molar-refractivity contribution is 0.168. The number of hydrogen-bond acceptors (Lipinski definition) is 3. The number of fused-ring (bicyclic) bond motifs is 1. The van der Waals surface area contributed by atoms with Crippen molar-refractivity contribution in [1.29, 1.82) is 0 Å². The van der Waals surface area contributed by atoms with Crippen LogP contribution in [0, 0.1) is 0 Å². The summed E-state index contributed by atoms with van der Waals surface area (Å²) in [6.45, 7) is 4.53. The molecule has 1 aliphatic heterocycles. The molecule has 0 bridgehead atoms. The molecular weight excluding hydrogens is 256 g/mol. The van der Waals surface area contributed by atoms with E-state index in [2.05, 4.69) is 15.3 Å². The van der Waals surface area contributed by atoms with E-state index in [1.54, 1.807) is 17.5 Å². The highest BCUT2D eigenvalue weighted by molar-refractivity contribution is 5.75. The van der Waals surface area contributed by atoms with Gasteiger partial charge in [-0.1, -0.05) is 0 Å². The zero-order valence-electron chi connectivity index (χ0n) is 11.6. The summed E-state index contributed by atoms with van der Waals surface area (Å²) in [5.41, 5.74) is 1.94. The summed E-state index contributed by atoms with van der Waals surface area (Å²) in [5, 5.41) is 2.93. The first-order valence-electron chi connectivity index (χ1n) is 6.79. The van der Waals surface area contributed by atoms with Crippen LogP contribution in [0.1, 0.15) is 37.0 Å². The van der Waals surface area contributed by atoms with Crippen molar-refractivity contribution in [2.75, 3.05) is 6.54 Å². The van der Waals surface area contributed by atoms with E-state index in [4.69, 9.17) is 4.42 Å². The van der Waals surface area contributed by atoms with E-state index in [0.29, 0.717) is 6.54 Å². The average molecular weight is 274 g/mol. The molecule has 2 aromatic heterocycles. The van der Waals surface area contributed by atoms with Gasteiger partial charge < -0.3 is 19.6 Å². The Bertz CT molecular complexity index is 588. The fraction of sp³-hybridized carbons (Fsp3) is 0.429. The van der Waals surface area contributed by atoms with Crippen molar-refractivity contribution in [3.63, 3.8) is 0 Å². The maximum atomic E-state index is 12.4. The molecule has 3 rings (SSSR count). The van der Waals surface area contributed by atoms with E-state index >= 15 is 0 Å². The molecule has 0 spiro atoms. The number of amides is 2. The molecule has 0 fully saturated rings. The Balaban J connectivity index is 1.96. The Kier molecular flexibility index (Phi) is 3.22. The lowest BCUT2D eigenvalue weighted by Gasteiger charge is -2.34. The molecule has 2 aromatic rings. The first-order chi connectivity index (χ1) is 9.66. The number of carbonyl (C=O) groups excluding carboxylic acids is 1. The van der Waals surface area contributed by atoms with Crippen molar-refractivity contribution in [3.8, 4) is 0 Å². The van der Waals surface area contributed by atoms with Gasteiger partial charge in [0.1, 0.15) is 11.8 Å². The smallest absolute Gasteiger partial charge is 0.318 e. The van der Waals surface area contributed by atoms with Gasteiger partial charge in [-0.3, -0.25) is 0 Å². The second-order valence-electron chi connectivity index (χ2n) is 5.23. The summed E-state index contributed by atoms with van der Waals surface area (Å²) >= 11 is 0. The van der Waals surface area contributed by atoms with Crippen molar-refractivity contribution in [1.82, 2.24) is 20.2 Å². The number of furan rings is 1. The van der Waals surface area contributed by atoms with Gasteiger partial charge in [0.2, 0.25) is 0 Å². The molecule has 20 heavy (non-hydrogen) atoms. The van der Waals surface area contributed by atoms with Gasteiger partial charge in [-0.2, -0.15) is 0 Å². The van der Waals surface area contributed by atoms with Gasteiger partial charge in [0.25, 0.3) is 0 Å². The monoisotopic (exact) mass is 274 g/mol. The predicted molar refractivity (Wildman–Crippen MR) is 73.2 cm³/mol. The van der Waals surface area contributed by atoms with Crippen molar-refractivity contribution in [3.05, 3.63) is 41.9 Å². The van der Waals surface area contributed by atoms with Gasteiger partial charge in [-0.15, -0.1) is 0 Å². The van der Waals surface area contributed by atoms with Crippen LogP contribution in [0.4, 0.5) is 4.79 Å². The minimum Gasteiger partial charge on any atom is -0.467 e. The van der Waals surface area contributed by atoms with Crippen LogP contribution in [0.25, 0.3) is 0 Å². The largest absolute Gasteiger partial charge is 0.467 e. The molecule has 1 unspecified atom stereocenters. The van der Waals surface area contributed by atoms with E-state index in [1.807, 2.05) is 26.0 Å². The second kappa shape index (κ2) is 5.03. The number of nitrogens with one attached hydrogen (secondary N) is 2.